The molecule has 0 saturated heterocycles. The lowest BCUT2D eigenvalue weighted by Gasteiger charge is -2.06. The van der Waals surface area contributed by atoms with Crippen molar-refractivity contribution in [3.63, 3.8) is 0 Å². The lowest BCUT2D eigenvalue weighted by atomic mass is 9.80. The average molecular weight is 1220 g/mol. The van der Waals surface area contributed by atoms with Crippen molar-refractivity contribution in [2.45, 2.75) is 0 Å². The van der Waals surface area contributed by atoms with Gasteiger partial charge in [-0.25, -0.2) is 0 Å². The zero-order valence-electron chi connectivity index (χ0n) is 46.9. The van der Waals surface area contributed by atoms with Gasteiger partial charge in [0.15, 0.2) is 0 Å². The Kier molecular flexibility index (Phi) is 17.2. The summed E-state index contributed by atoms with van der Waals surface area (Å²) in [5, 5.41) is 74.1. The summed E-state index contributed by atoms with van der Waals surface area (Å²) >= 11 is 7.22. The molecule has 0 aliphatic rings. The van der Waals surface area contributed by atoms with E-state index in [2.05, 4.69) is 170 Å². The average Bonchev–Trinajstić information content (AvgIpc) is 3.57. The van der Waals surface area contributed by atoms with Gasteiger partial charge in [0.2, 0.25) is 0 Å². The molecule has 0 aliphatic heterocycles. The van der Waals surface area contributed by atoms with Gasteiger partial charge in [-0.15, -0.1) is 45.3 Å². The van der Waals surface area contributed by atoms with Crippen LogP contribution in [0.25, 0.3) is 125 Å². The Bertz CT molecular complexity index is 5090. The second-order valence-corrected chi connectivity index (χ2v) is 25.2. The summed E-state index contributed by atoms with van der Waals surface area (Å²) in [6.07, 6.45) is 0. The predicted molar refractivity (Wildman–Crippen MR) is 377 cm³/mol. The second kappa shape index (κ2) is 25.9. The van der Waals surface area contributed by atoms with E-state index in [1.807, 2.05) is 72.0 Å². The normalized spacial score (nSPS) is 11.1. The van der Waals surface area contributed by atoms with E-state index >= 15 is 0 Å². The lowest BCUT2D eigenvalue weighted by Crippen LogP contribution is -2.29. The van der Waals surface area contributed by atoms with E-state index < -0.39 is 21.4 Å². The molecule has 4 heterocycles. The molecule has 0 unspecified atom stereocenters. The molecule has 16 rings (SSSR count). The van der Waals surface area contributed by atoms with Gasteiger partial charge in [-0.05, 0) is 122 Å². The van der Waals surface area contributed by atoms with Crippen LogP contribution in [0.2, 0.25) is 0 Å². The van der Waals surface area contributed by atoms with Crippen LogP contribution in [-0.4, -0.2) is 64.2 Å². The molecule has 0 atom stereocenters. The van der Waals surface area contributed by atoms with E-state index in [-0.39, 0.29) is 0 Å². The summed E-state index contributed by atoms with van der Waals surface area (Å²) in [5.41, 5.74) is 10.6. The molecular formula is C72H51B4O8S4. The van der Waals surface area contributed by atoms with E-state index in [0.29, 0.717) is 29.8 Å². The number of hydrogen-bond acceptors (Lipinski definition) is 12. The van der Waals surface area contributed by atoms with E-state index in [1.54, 1.807) is 70.4 Å². The van der Waals surface area contributed by atoms with Crippen molar-refractivity contribution < 1.29 is 39.8 Å². The van der Waals surface area contributed by atoms with E-state index in [9.17, 15) is 20.1 Å². The van der Waals surface area contributed by atoms with Crippen molar-refractivity contribution in [3.8, 4) is 50.3 Å². The Balaban J connectivity index is 0.000000108. The van der Waals surface area contributed by atoms with Crippen LogP contribution in [0, 0.1) is 0 Å². The van der Waals surface area contributed by atoms with E-state index in [1.165, 1.54) is 91.8 Å². The van der Waals surface area contributed by atoms with Crippen molar-refractivity contribution in [3.05, 3.63) is 267 Å². The fraction of sp³-hybridized carbons (Fsp3) is 0. The van der Waals surface area contributed by atoms with Gasteiger partial charge < -0.3 is 39.8 Å². The molecule has 1 radical (unpaired) electrons. The molecule has 0 amide bonds. The minimum atomic E-state index is -1.42. The zero-order valence-corrected chi connectivity index (χ0v) is 50.2. The molecule has 0 fully saturated rings. The first-order valence-electron chi connectivity index (χ1n) is 28.3. The fourth-order valence-electron chi connectivity index (χ4n) is 11.1. The Morgan fingerprint density at radius 1 is 0.273 bits per heavy atom. The first-order chi connectivity index (χ1) is 43.0. The number of thiophene rings is 4. The van der Waals surface area contributed by atoms with Crippen LogP contribution in [0.3, 0.4) is 0 Å². The van der Waals surface area contributed by atoms with Crippen LogP contribution in [0.4, 0.5) is 0 Å². The van der Waals surface area contributed by atoms with Crippen LogP contribution < -0.4 is 21.0 Å². The van der Waals surface area contributed by atoms with Gasteiger partial charge in [0, 0.05) is 80.7 Å². The van der Waals surface area contributed by atoms with E-state index in [4.69, 9.17) is 19.7 Å². The van der Waals surface area contributed by atoms with Gasteiger partial charge in [-0.2, -0.15) is 0 Å². The molecule has 16 aromatic rings. The highest BCUT2D eigenvalue weighted by Gasteiger charge is 2.16. The molecule has 7 N–H and O–H groups in total. The van der Waals surface area contributed by atoms with Gasteiger partial charge in [-0.1, -0.05) is 206 Å². The highest BCUT2D eigenvalue weighted by molar-refractivity contribution is 7.27. The molecule has 0 spiro atoms. The molecule has 88 heavy (non-hydrogen) atoms. The third kappa shape index (κ3) is 12.2. The van der Waals surface area contributed by atoms with Gasteiger partial charge in [-0.3, -0.25) is 0 Å². The van der Waals surface area contributed by atoms with Crippen LogP contribution in [0.5, 0.6) is 5.75 Å². The third-order valence-electron chi connectivity index (χ3n) is 15.5. The van der Waals surface area contributed by atoms with Gasteiger partial charge in [0.25, 0.3) is 0 Å². The second-order valence-electron chi connectivity index (χ2n) is 20.9. The number of rotatable bonds is 9. The summed E-state index contributed by atoms with van der Waals surface area (Å²) in [6, 6.07) is 89.3. The summed E-state index contributed by atoms with van der Waals surface area (Å²) in [5.74, 6) is 0.619. The van der Waals surface area contributed by atoms with Crippen molar-refractivity contribution in [2.75, 3.05) is 0 Å². The standard InChI is InChI=1S/C18H13BO2S.C18H12BO2S.2C18H13BO2S/c20-19(21)13-10-8-12(9-11-13)14-5-3-6-16-15-4-1-2-7-17(15)22-18(14)16;20-19-21-13-10-8-12(9-11-13)14-5-3-7-17-18(14)15-4-1-2-6-16(15)22-17;20-19(21)14-8-5-12(6-9-14)13-7-10-18-16(11-13)15-3-1-2-4-17(15)22-18;20-19(21)14-8-5-12(6-9-14)13-7-10-16-15-3-1-2-4-17(15)22-18(16)11-13/h1-11,20-21H;1-11,20H;2*1-11,20-21H. The van der Waals surface area contributed by atoms with Crippen LogP contribution in [0.15, 0.2) is 267 Å². The summed E-state index contributed by atoms with van der Waals surface area (Å²) < 4.78 is 15.3. The predicted octanol–water partition coefficient (Wildman–Crippen LogP) is 14.8. The quantitative estimate of drug-likeness (QED) is 0.0706. The van der Waals surface area contributed by atoms with Crippen LogP contribution in [-0.2, 0) is 0 Å². The van der Waals surface area contributed by atoms with E-state index in [0.717, 1.165) is 33.4 Å². The van der Waals surface area contributed by atoms with Crippen molar-refractivity contribution in [1.29, 1.82) is 0 Å². The first kappa shape index (κ1) is 58.3. The molecule has 0 aliphatic carbocycles. The number of benzene rings is 12. The molecule has 8 nitrogen and oxygen atoms in total. The zero-order chi connectivity index (χ0) is 60.3. The Morgan fingerprint density at radius 3 is 1.23 bits per heavy atom. The highest BCUT2D eigenvalue weighted by Crippen LogP contribution is 2.42. The molecule has 4 aromatic heterocycles. The van der Waals surface area contributed by atoms with Crippen molar-refractivity contribution >= 4 is 171 Å². The molecular weight excluding hydrogens is 1160 g/mol. The highest BCUT2D eigenvalue weighted by atomic mass is 32.1. The molecule has 0 bridgehead atoms. The smallest absolute Gasteiger partial charge is 0.537 e. The van der Waals surface area contributed by atoms with Gasteiger partial charge >= 0.3 is 29.0 Å². The van der Waals surface area contributed by atoms with Crippen LogP contribution >= 0.6 is 45.3 Å². The minimum Gasteiger partial charge on any atom is -0.537 e. The minimum absolute atomic E-state index is 0.505. The Labute approximate surface area is 524 Å². The molecule has 423 valence electrons. The lowest BCUT2D eigenvalue weighted by molar-refractivity contribution is 0.424. The van der Waals surface area contributed by atoms with Gasteiger partial charge in [0.1, 0.15) is 5.75 Å². The first-order valence-corrected chi connectivity index (χ1v) is 31.6. The summed E-state index contributed by atoms with van der Waals surface area (Å²) in [7, 11) is -3.56. The maximum Gasteiger partial charge on any atom is 0.569 e. The Hall–Kier alpha value is -8.70. The number of hydrogen-bond donors (Lipinski definition) is 7. The molecule has 0 saturated carbocycles. The number of fused-ring (bicyclic) bond motifs is 12. The third-order valence-corrected chi connectivity index (χ3v) is 20.2. The SMILES string of the molecule is OB(O)c1ccc(-c2ccc3c(c2)sc2ccccc23)cc1.OB(O)c1ccc(-c2ccc3sc4ccccc4c3c2)cc1.OB(O)c1ccc(-c2cccc3c2sc2ccccc23)cc1.O[B]Oc1ccc(-c2cccc3sc4ccccc4c23)cc1. The van der Waals surface area contributed by atoms with Crippen LogP contribution in [0.1, 0.15) is 0 Å². The topological polar surface area (TPSA) is 151 Å². The monoisotopic (exact) mass is 1220 g/mol. The summed E-state index contributed by atoms with van der Waals surface area (Å²) in [6.45, 7) is 0. The maximum absolute atomic E-state index is 9.21. The summed E-state index contributed by atoms with van der Waals surface area (Å²) in [4.78, 5) is 0. The largest absolute Gasteiger partial charge is 0.569 e. The van der Waals surface area contributed by atoms with Crippen molar-refractivity contribution in [1.82, 2.24) is 0 Å². The van der Waals surface area contributed by atoms with Crippen molar-refractivity contribution in [2.24, 2.45) is 0 Å². The Morgan fingerprint density at radius 2 is 0.648 bits per heavy atom. The van der Waals surface area contributed by atoms with Gasteiger partial charge in [0.05, 0.1) is 0 Å². The maximum atomic E-state index is 9.21. The molecule has 12 aromatic carbocycles. The fourth-order valence-corrected chi connectivity index (χ4v) is 15.7. The molecule has 16 heteroatoms.